The third-order valence-corrected chi connectivity index (χ3v) is 4.86. The highest BCUT2D eigenvalue weighted by Crippen LogP contribution is 2.21. The molecule has 0 radical (unpaired) electrons. The quantitative estimate of drug-likeness (QED) is 0.452. The summed E-state index contributed by atoms with van der Waals surface area (Å²) >= 11 is 0. The normalized spacial score (nSPS) is 10.6. The molecule has 0 aliphatic heterocycles. The van der Waals surface area contributed by atoms with Crippen LogP contribution in [0.2, 0.25) is 0 Å². The molecular formula is C25H24N4O2. The van der Waals surface area contributed by atoms with Gasteiger partial charge in [-0.25, -0.2) is 9.67 Å². The number of carbonyl (C=O) groups is 1. The van der Waals surface area contributed by atoms with Crippen LogP contribution in [-0.4, -0.2) is 45.8 Å². The molecule has 0 bridgehead atoms. The fraction of sp³-hybridized carbons (Fsp3) is 0.160. The lowest BCUT2D eigenvalue weighted by molar-refractivity contribution is 0.0762. The molecule has 0 unspecified atom stereocenters. The Morgan fingerprint density at radius 1 is 0.968 bits per heavy atom. The van der Waals surface area contributed by atoms with Crippen molar-refractivity contribution in [3.05, 3.63) is 96.3 Å². The number of amides is 1. The van der Waals surface area contributed by atoms with Crippen LogP contribution in [0.5, 0.6) is 5.75 Å². The molecule has 0 saturated carbocycles. The summed E-state index contributed by atoms with van der Waals surface area (Å²) in [4.78, 5) is 19.2. The smallest absolute Gasteiger partial charge is 0.293 e. The zero-order chi connectivity index (χ0) is 21.6. The van der Waals surface area contributed by atoms with Gasteiger partial charge in [0, 0.05) is 12.6 Å². The molecule has 4 aromatic rings. The first-order valence-corrected chi connectivity index (χ1v) is 10.1. The molecule has 0 fully saturated rings. The number of hydrogen-bond donors (Lipinski definition) is 0. The first-order valence-electron chi connectivity index (χ1n) is 10.1. The SMILES string of the molecule is Cc1cccc(OCCN(C)C(=O)c2nc(-c3ccccc3)n(-c3ccccc3)n2)c1. The van der Waals surface area contributed by atoms with E-state index in [1.165, 1.54) is 0 Å². The summed E-state index contributed by atoms with van der Waals surface area (Å²) in [5, 5.41) is 4.53. The third kappa shape index (κ3) is 4.80. The first-order chi connectivity index (χ1) is 15.1. The van der Waals surface area contributed by atoms with Gasteiger partial charge in [0.1, 0.15) is 12.4 Å². The van der Waals surface area contributed by atoms with E-state index in [1.54, 1.807) is 16.6 Å². The summed E-state index contributed by atoms with van der Waals surface area (Å²) in [5.74, 6) is 1.32. The van der Waals surface area contributed by atoms with Crippen LogP contribution in [-0.2, 0) is 0 Å². The van der Waals surface area contributed by atoms with Crippen LogP contribution in [0.1, 0.15) is 16.2 Å². The highest BCUT2D eigenvalue weighted by Gasteiger charge is 2.21. The first kappa shape index (κ1) is 20.3. The Bertz CT molecular complexity index is 1100. The van der Waals surface area contributed by atoms with Crippen LogP contribution in [0.3, 0.4) is 0 Å². The molecule has 1 amide bonds. The second-order valence-electron chi connectivity index (χ2n) is 7.26. The number of aryl methyl sites for hydroxylation is 1. The summed E-state index contributed by atoms with van der Waals surface area (Å²) in [6.07, 6.45) is 0. The van der Waals surface area contributed by atoms with Gasteiger partial charge in [0.2, 0.25) is 5.82 Å². The largest absolute Gasteiger partial charge is 0.492 e. The second kappa shape index (κ2) is 9.26. The van der Waals surface area contributed by atoms with E-state index in [2.05, 4.69) is 10.1 Å². The van der Waals surface area contributed by atoms with E-state index in [0.717, 1.165) is 22.6 Å². The van der Waals surface area contributed by atoms with Crippen molar-refractivity contribution in [3.8, 4) is 22.8 Å². The second-order valence-corrected chi connectivity index (χ2v) is 7.26. The summed E-state index contributed by atoms with van der Waals surface area (Å²) < 4.78 is 7.48. The van der Waals surface area contributed by atoms with Crippen molar-refractivity contribution in [1.82, 2.24) is 19.7 Å². The van der Waals surface area contributed by atoms with Crippen molar-refractivity contribution in [2.45, 2.75) is 6.92 Å². The van der Waals surface area contributed by atoms with Gasteiger partial charge in [-0.1, -0.05) is 60.7 Å². The Kier molecular flexibility index (Phi) is 6.08. The van der Waals surface area contributed by atoms with Crippen molar-refractivity contribution < 1.29 is 9.53 Å². The minimum Gasteiger partial charge on any atom is -0.492 e. The Morgan fingerprint density at radius 3 is 2.39 bits per heavy atom. The molecule has 4 rings (SSSR count). The number of hydrogen-bond acceptors (Lipinski definition) is 4. The monoisotopic (exact) mass is 412 g/mol. The van der Waals surface area contributed by atoms with Gasteiger partial charge in [-0.3, -0.25) is 4.79 Å². The number of aromatic nitrogens is 3. The summed E-state index contributed by atoms with van der Waals surface area (Å²) in [7, 11) is 1.73. The molecule has 156 valence electrons. The molecule has 0 saturated heterocycles. The predicted octanol–water partition coefficient (Wildman–Crippen LogP) is 4.39. The van der Waals surface area contributed by atoms with E-state index in [-0.39, 0.29) is 11.7 Å². The summed E-state index contributed by atoms with van der Waals surface area (Å²) in [5.41, 5.74) is 2.87. The van der Waals surface area contributed by atoms with Crippen molar-refractivity contribution in [2.24, 2.45) is 0 Å². The van der Waals surface area contributed by atoms with Gasteiger partial charge < -0.3 is 9.64 Å². The summed E-state index contributed by atoms with van der Waals surface area (Å²) in [6.45, 7) is 2.82. The van der Waals surface area contributed by atoms with E-state index in [4.69, 9.17) is 4.74 Å². The van der Waals surface area contributed by atoms with Crippen LogP contribution in [0.4, 0.5) is 0 Å². The average molecular weight is 412 g/mol. The van der Waals surface area contributed by atoms with E-state index >= 15 is 0 Å². The van der Waals surface area contributed by atoms with Crippen molar-refractivity contribution in [2.75, 3.05) is 20.2 Å². The van der Waals surface area contributed by atoms with Crippen LogP contribution in [0, 0.1) is 6.92 Å². The van der Waals surface area contributed by atoms with E-state index in [9.17, 15) is 4.79 Å². The van der Waals surface area contributed by atoms with Crippen molar-refractivity contribution in [3.63, 3.8) is 0 Å². The molecular weight excluding hydrogens is 388 g/mol. The fourth-order valence-electron chi connectivity index (χ4n) is 3.20. The maximum absolute atomic E-state index is 13.0. The third-order valence-electron chi connectivity index (χ3n) is 4.86. The molecule has 0 spiro atoms. The number of para-hydroxylation sites is 1. The number of nitrogens with zero attached hydrogens (tertiary/aromatic N) is 4. The minimum atomic E-state index is -0.250. The lowest BCUT2D eigenvalue weighted by Crippen LogP contribution is -2.31. The Labute approximate surface area is 181 Å². The van der Waals surface area contributed by atoms with Crippen LogP contribution in [0.15, 0.2) is 84.9 Å². The minimum absolute atomic E-state index is 0.153. The topological polar surface area (TPSA) is 60.2 Å². The zero-order valence-corrected chi connectivity index (χ0v) is 17.6. The van der Waals surface area contributed by atoms with Crippen molar-refractivity contribution in [1.29, 1.82) is 0 Å². The van der Waals surface area contributed by atoms with Crippen LogP contribution < -0.4 is 4.74 Å². The Morgan fingerprint density at radius 2 is 1.68 bits per heavy atom. The highest BCUT2D eigenvalue weighted by atomic mass is 16.5. The highest BCUT2D eigenvalue weighted by molar-refractivity contribution is 5.90. The van der Waals surface area contributed by atoms with Gasteiger partial charge in [0.05, 0.1) is 12.2 Å². The van der Waals surface area contributed by atoms with Crippen LogP contribution >= 0.6 is 0 Å². The van der Waals surface area contributed by atoms with Gasteiger partial charge >= 0.3 is 0 Å². The molecule has 0 aliphatic rings. The lowest BCUT2D eigenvalue weighted by atomic mass is 10.2. The molecule has 6 heteroatoms. The molecule has 31 heavy (non-hydrogen) atoms. The van der Waals surface area contributed by atoms with E-state index in [1.807, 2.05) is 91.9 Å². The van der Waals surface area contributed by atoms with E-state index < -0.39 is 0 Å². The fourth-order valence-corrected chi connectivity index (χ4v) is 3.20. The Balaban J connectivity index is 1.53. The molecule has 1 heterocycles. The molecule has 6 nitrogen and oxygen atoms in total. The average Bonchev–Trinajstić information content (AvgIpc) is 3.25. The maximum Gasteiger partial charge on any atom is 0.293 e. The molecule has 0 N–H and O–H groups in total. The number of rotatable bonds is 7. The maximum atomic E-state index is 13.0. The van der Waals surface area contributed by atoms with Gasteiger partial charge in [-0.15, -0.1) is 5.10 Å². The lowest BCUT2D eigenvalue weighted by Gasteiger charge is -2.15. The standard InChI is InChI=1S/C25H24N4O2/c1-19-10-9-15-22(18-19)31-17-16-28(2)25(30)23-26-24(20-11-5-3-6-12-20)29(27-23)21-13-7-4-8-14-21/h3-15,18H,16-17H2,1-2H3. The number of carbonyl (C=O) groups excluding carboxylic acids is 1. The van der Waals surface area contributed by atoms with E-state index in [0.29, 0.717) is 19.0 Å². The Hall–Kier alpha value is -3.93. The number of likely N-dealkylation sites (N-methyl/N-ethyl adjacent to an activating group) is 1. The molecule has 3 aromatic carbocycles. The van der Waals surface area contributed by atoms with Crippen LogP contribution in [0.25, 0.3) is 17.1 Å². The predicted molar refractivity (Wildman–Crippen MR) is 120 cm³/mol. The number of ether oxygens (including phenoxy) is 1. The summed E-state index contributed by atoms with van der Waals surface area (Å²) in [6, 6.07) is 27.3. The zero-order valence-electron chi connectivity index (χ0n) is 17.6. The van der Waals surface area contributed by atoms with Gasteiger partial charge in [-0.05, 0) is 36.8 Å². The molecule has 0 atom stereocenters. The van der Waals surface area contributed by atoms with Gasteiger partial charge in [0.25, 0.3) is 5.91 Å². The van der Waals surface area contributed by atoms with Gasteiger partial charge in [-0.2, -0.15) is 0 Å². The number of benzene rings is 3. The van der Waals surface area contributed by atoms with Gasteiger partial charge in [0.15, 0.2) is 5.82 Å². The van der Waals surface area contributed by atoms with Crippen molar-refractivity contribution >= 4 is 5.91 Å². The molecule has 0 aliphatic carbocycles. The molecule has 1 aromatic heterocycles.